The highest BCUT2D eigenvalue weighted by Crippen LogP contribution is 2.21. The third-order valence-corrected chi connectivity index (χ3v) is 2.50. The molecule has 0 radical (unpaired) electrons. The summed E-state index contributed by atoms with van der Waals surface area (Å²) in [4.78, 5) is 11.3. The molecule has 86 valence electrons. The lowest BCUT2D eigenvalue weighted by Crippen LogP contribution is -2.12. The number of imidazole rings is 1. The second-order valence-corrected chi connectivity index (χ2v) is 3.59. The topological polar surface area (TPSA) is 77.4 Å². The van der Waals surface area contributed by atoms with E-state index in [0.717, 1.165) is 17.9 Å². The fraction of sp³-hybridized carbons (Fsp3) is 0.250. The van der Waals surface area contributed by atoms with Gasteiger partial charge in [-0.1, -0.05) is 6.92 Å². The third kappa shape index (κ3) is 2.42. The lowest BCUT2D eigenvalue weighted by atomic mass is 10.2. The Kier molecular flexibility index (Phi) is 3.36. The number of aromatic nitrogens is 3. The van der Waals surface area contributed by atoms with Crippen molar-refractivity contribution in [3.63, 3.8) is 0 Å². The fourth-order valence-electron chi connectivity index (χ4n) is 1.63. The van der Waals surface area contributed by atoms with Gasteiger partial charge in [0.05, 0.1) is 11.7 Å². The van der Waals surface area contributed by atoms with Gasteiger partial charge in [0.15, 0.2) is 5.69 Å². The largest absolute Gasteiger partial charge is 0.373 e. The molecule has 0 spiro atoms. The number of nitrogens with one attached hydrogen (secondary N) is 2. The number of hydrogen-bond donors (Lipinski definition) is 2. The van der Waals surface area contributed by atoms with Gasteiger partial charge in [-0.3, -0.25) is 0 Å². The predicted octanol–water partition coefficient (Wildman–Crippen LogP) is 2.24. The summed E-state index contributed by atoms with van der Waals surface area (Å²) in [6.45, 7) is 2.06. The first-order chi connectivity index (χ1) is 8.35. The van der Waals surface area contributed by atoms with E-state index in [1.54, 1.807) is 24.7 Å². The monoisotopic (exact) mass is 227 g/mol. The van der Waals surface area contributed by atoms with E-state index in [4.69, 9.17) is 5.26 Å². The molecule has 0 saturated carbocycles. The molecule has 2 aromatic rings. The van der Waals surface area contributed by atoms with Crippen molar-refractivity contribution >= 4 is 5.69 Å². The number of H-pyrrole nitrogens is 1. The Hall–Kier alpha value is -2.35. The summed E-state index contributed by atoms with van der Waals surface area (Å²) in [5.74, 6) is 0.861. The van der Waals surface area contributed by atoms with Crippen LogP contribution in [0, 0.1) is 11.3 Å². The van der Waals surface area contributed by atoms with Crippen LogP contribution in [0.1, 0.15) is 30.9 Å². The maximum Gasteiger partial charge on any atom is 0.163 e. The minimum absolute atomic E-state index is 0.0568. The molecule has 0 saturated heterocycles. The van der Waals surface area contributed by atoms with Crippen LogP contribution in [0.25, 0.3) is 0 Å². The van der Waals surface area contributed by atoms with Gasteiger partial charge >= 0.3 is 0 Å². The van der Waals surface area contributed by atoms with E-state index >= 15 is 0 Å². The second-order valence-electron chi connectivity index (χ2n) is 3.59. The minimum atomic E-state index is 0.0568. The van der Waals surface area contributed by atoms with Crippen LogP contribution in [-0.4, -0.2) is 15.0 Å². The van der Waals surface area contributed by atoms with Gasteiger partial charge in [0.1, 0.15) is 11.9 Å². The van der Waals surface area contributed by atoms with Gasteiger partial charge in [-0.25, -0.2) is 9.97 Å². The summed E-state index contributed by atoms with van der Waals surface area (Å²) in [6.07, 6.45) is 5.98. The lowest BCUT2D eigenvalue weighted by Gasteiger charge is -2.16. The van der Waals surface area contributed by atoms with Gasteiger partial charge in [0.25, 0.3) is 0 Å². The first kappa shape index (κ1) is 11.1. The van der Waals surface area contributed by atoms with Crippen LogP contribution in [0.15, 0.2) is 30.7 Å². The second kappa shape index (κ2) is 5.12. The molecule has 5 nitrogen and oxygen atoms in total. The first-order valence-corrected chi connectivity index (χ1v) is 5.46. The number of pyridine rings is 1. The Morgan fingerprint density at radius 2 is 2.35 bits per heavy atom. The van der Waals surface area contributed by atoms with E-state index in [1.807, 2.05) is 6.07 Å². The number of aromatic amines is 1. The van der Waals surface area contributed by atoms with Crippen LogP contribution in [-0.2, 0) is 0 Å². The molecule has 0 bridgehead atoms. The van der Waals surface area contributed by atoms with Gasteiger partial charge in [-0.2, -0.15) is 5.26 Å². The molecule has 0 aromatic carbocycles. The van der Waals surface area contributed by atoms with Crippen molar-refractivity contribution in [2.24, 2.45) is 0 Å². The predicted molar refractivity (Wildman–Crippen MR) is 64.2 cm³/mol. The van der Waals surface area contributed by atoms with E-state index in [2.05, 4.69) is 33.3 Å². The average Bonchev–Trinajstić information content (AvgIpc) is 2.90. The highest BCUT2D eigenvalue weighted by molar-refractivity contribution is 5.54. The minimum Gasteiger partial charge on any atom is -0.373 e. The molecule has 0 fully saturated rings. The zero-order valence-electron chi connectivity index (χ0n) is 9.51. The first-order valence-electron chi connectivity index (χ1n) is 5.46. The van der Waals surface area contributed by atoms with Gasteiger partial charge in [-0.05, 0) is 18.6 Å². The van der Waals surface area contributed by atoms with Crippen molar-refractivity contribution in [3.8, 4) is 6.07 Å². The lowest BCUT2D eigenvalue weighted by molar-refractivity contribution is 0.703. The number of rotatable bonds is 4. The summed E-state index contributed by atoms with van der Waals surface area (Å²) < 4.78 is 0. The van der Waals surface area contributed by atoms with E-state index in [1.165, 1.54) is 0 Å². The van der Waals surface area contributed by atoms with E-state index in [0.29, 0.717) is 5.69 Å². The van der Waals surface area contributed by atoms with Crippen molar-refractivity contribution in [2.75, 3.05) is 5.32 Å². The Labute approximate surface area is 99.5 Å². The molecule has 1 atom stereocenters. The van der Waals surface area contributed by atoms with Crippen LogP contribution < -0.4 is 5.32 Å². The van der Waals surface area contributed by atoms with Crippen molar-refractivity contribution in [2.45, 2.75) is 19.4 Å². The van der Waals surface area contributed by atoms with Crippen LogP contribution in [0.4, 0.5) is 5.69 Å². The zero-order chi connectivity index (χ0) is 12.1. The SMILES string of the molecule is CCC(Nc1cccnc1C#N)c1ncc[nH]1. The summed E-state index contributed by atoms with van der Waals surface area (Å²) in [7, 11) is 0. The molecule has 0 aliphatic rings. The van der Waals surface area contributed by atoms with E-state index in [-0.39, 0.29) is 6.04 Å². The summed E-state index contributed by atoms with van der Waals surface area (Å²) >= 11 is 0. The van der Waals surface area contributed by atoms with Gasteiger partial charge in [-0.15, -0.1) is 0 Å². The number of nitrogens with zero attached hydrogens (tertiary/aromatic N) is 3. The molecule has 2 rings (SSSR count). The molecule has 17 heavy (non-hydrogen) atoms. The van der Waals surface area contributed by atoms with Crippen LogP contribution in [0.5, 0.6) is 0 Å². The molecule has 0 amide bonds. The summed E-state index contributed by atoms with van der Waals surface area (Å²) in [5.41, 5.74) is 1.13. The van der Waals surface area contributed by atoms with Crippen LogP contribution >= 0.6 is 0 Å². The quantitative estimate of drug-likeness (QED) is 0.839. The Bertz CT molecular complexity index is 512. The fourth-order valence-corrected chi connectivity index (χ4v) is 1.63. The standard InChI is InChI=1S/C12H13N5/c1-2-9(12-15-6-7-16-12)17-10-4-3-5-14-11(10)8-13/h3-7,9,17H,2H2,1H3,(H,15,16). The van der Waals surface area contributed by atoms with E-state index in [9.17, 15) is 0 Å². The molecule has 2 heterocycles. The molecule has 0 aliphatic heterocycles. The Morgan fingerprint density at radius 3 is 3.00 bits per heavy atom. The normalized spacial score (nSPS) is 11.8. The number of anilines is 1. The molecule has 1 unspecified atom stereocenters. The Morgan fingerprint density at radius 1 is 1.47 bits per heavy atom. The highest BCUT2D eigenvalue weighted by Gasteiger charge is 2.13. The molecule has 5 heteroatoms. The Balaban J connectivity index is 2.22. The van der Waals surface area contributed by atoms with E-state index < -0.39 is 0 Å². The molecular formula is C12H13N5. The van der Waals surface area contributed by atoms with Crippen molar-refractivity contribution in [1.29, 1.82) is 5.26 Å². The van der Waals surface area contributed by atoms with Crippen molar-refractivity contribution < 1.29 is 0 Å². The summed E-state index contributed by atoms with van der Waals surface area (Å²) in [6, 6.07) is 5.77. The van der Waals surface area contributed by atoms with Crippen LogP contribution in [0.3, 0.4) is 0 Å². The number of nitriles is 1. The van der Waals surface area contributed by atoms with Gasteiger partial charge in [0, 0.05) is 18.6 Å². The summed E-state index contributed by atoms with van der Waals surface area (Å²) in [5, 5.41) is 12.2. The van der Waals surface area contributed by atoms with Gasteiger partial charge < -0.3 is 10.3 Å². The van der Waals surface area contributed by atoms with Crippen LogP contribution in [0.2, 0.25) is 0 Å². The zero-order valence-corrected chi connectivity index (χ0v) is 9.51. The maximum atomic E-state index is 8.96. The highest BCUT2D eigenvalue weighted by atomic mass is 15.0. The third-order valence-electron chi connectivity index (χ3n) is 2.50. The smallest absolute Gasteiger partial charge is 0.163 e. The molecule has 2 aromatic heterocycles. The average molecular weight is 227 g/mol. The molecule has 0 aliphatic carbocycles. The number of hydrogen-bond acceptors (Lipinski definition) is 4. The van der Waals surface area contributed by atoms with Crippen molar-refractivity contribution in [1.82, 2.24) is 15.0 Å². The molecular weight excluding hydrogens is 214 g/mol. The molecule has 2 N–H and O–H groups in total. The van der Waals surface area contributed by atoms with Crippen molar-refractivity contribution in [3.05, 3.63) is 42.2 Å². The van der Waals surface area contributed by atoms with Gasteiger partial charge in [0.2, 0.25) is 0 Å². The maximum absolute atomic E-state index is 8.96.